The number of hydrogen-bond donors (Lipinski definition) is 2. The highest BCUT2D eigenvalue weighted by Gasteiger charge is 2.16. The van der Waals surface area contributed by atoms with Gasteiger partial charge in [0.2, 0.25) is 5.78 Å². The first-order chi connectivity index (χ1) is 9.13. The van der Waals surface area contributed by atoms with Crippen LogP contribution in [-0.4, -0.2) is 21.4 Å². The van der Waals surface area contributed by atoms with E-state index in [1.165, 1.54) is 5.56 Å². The smallest absolute Gasteiger partial charge is 0.213 e. The molecule has 19 heavy (non-hydrogen) atoms. The van der Waals surface area contributed by atoms with Gasteiger partial charge >= 0.3 is 0 Å². The van der Waals surface area contributed by atoms with Gasteiger partial charge in [0.15, 0.2) is 0 Å². The molecule has 0 aliphatic carbocycles. The van der Waals surface area contributed by atoms with Crippen molar-refractivity contribution in [2.45, 2.75) is 26.3 Å². The van der Waals surface area contributed by atoms with Crippen LogP contribution in [0.1, 0.15) is 31.0 Å². The topological polar surface area (TPSA) is 45.1 Å². The van der Waals surface area contributed by atoms with Crippen molar-refractivity contribution in [2.75, 3.05) is 7.05 Å². The summed E-state index contributed by atoms with van der Waals surface area (Å²) in [6.45, 7) is 5.18. The fraction of sp³-hybridized carbons (Fsp3) is 0.357. The summed E-state index contributed by atoms with van der Waals surface area (Å²) in [6.07, 6.45) is 0. The molecule has 5 heteroatoms. The zero-order valence-electron chi connectivity index (χ0n) is 11.3. The van der Waals surface area contributed by atoms with Crippen LogP contribution in [0.25, 0.3) is 16.8 Å². The molecule has 100 valence electrons. The molecule has 0 unspecified atom stereocenters. The molecule has 3 aromatic rings. The maximum Gasteiger partial charge on any atom is 0.213 e. The standard InChI is InChI=1S/C14H17BrN4/c1-8(2)9-5-4-6-11-12(9)18-14-17-10(7-16-3)13(15)19(11)14/h4-6,8,16H,7H2,1-3H3,(H,17,18). The summed E-state index contributed by atoms with van der Waals surface area (Å²) in [5.41, 5.74) is 4.63. The van der Waals surface area contributed by atoms with E-state index >= 15 is 0 Å². The molecule has 0 spiro atoms. The van der Waals surface area contributed by atoms with Gasteiger partial charge in [0, 0.05) is 6.54 Å². The Labute approximate surface area is 120 Å². The minimum absolute atomic E-state index is 0.471. The molecule has 1 aromatic carbocycles. The number of aromatic amines is 1. The molecule has 2 N–H and O–H groups in total. The highest BCUT2D eigenvalue weighted by Crippen LogP contribution is 2.29. The van der Waals surface area contributed by atoms with Crippen molar-refractivity contribution in [2.24, 2.45) is 0 Å². The lowest BCUT2D eigenvalue weighted by Crippen LogP contribution is -2.06. The minimum atomic E-state index is 0.471. The number of rotatable bonds is 3. The highest BCUT2D eigenvalue weighted by molar-refractivity contribution is 9.10. The molecule has 4 nitrogen and oxygen atoms in total. The van der Waals surface area contributed by atoms with Gasteiger partial charge in [-0.05, 0) is 40.5 Å². The highest BCUT2D eigenvalue weighted by atomic mass is 79.9. The average Bonchev–Trinajstić information content (AvgIpc) is 2.87. The number of benzene rings is 1. The largest absolute Gasteiger partial charge is 0.325 e. The van der Waals surface area contributed by atoms with Crippen LogP contribution in [0.15, 0.2) is 22.8 Å². The minimum Gasteiger partial charge on any atom is -0.325 e. The quantitative estimate of drug-likeness (QED) is 0.776. The number of fused-ring (bicyclic) bond motifs is 3. The summed E-state index contributed by atoms with van der Waals surface area (Å²) < 4.78 is 3.17. The lowest BCUT2D eigenvalue weighted by molar-refractivity contribution is 0.793. The van der Waals surface area contributed by atoms with Gasteiger partial charge in [0.05, 0.1) is 16.7 Å². The zero-order valence-corrected chi connectivity index (χ0v) is 12.9. The first kappa shape index (κ1) is 12.7. The van der Waals surface area contributed by atoms with Crippen LogP contribution in [-0.2, 0) is 6.54 Å². The van der Waals surface area contributed by atoms with E-state index in [2.05, 4.69) is 62.7 Å². The summed E-state index contributed by atoms with van der Waals surface area (Å²) >= 11 is 3.67. The van der Waals surface area contributed by atoms with Crippen LogP contribution in [0.3, 0.4) is 0 Å². The maximum absolute atomic E-state index is 4.75. The number of imidazole rings is 2. The molecule has 2 aromatic heterocycles. The van der Waals surface area contributed by atoms with Gasteiger partial charge in [0.25, 0.3) is 0 Å². The maximum atomic E-state index is 4.75. The van der Waals surface area contributed by atoms with E-state index in [4.69, 9.17) is 4.98 Å². The van der Waals surface area contributed by atoms with Crippen LogP contribution < -0.4 is 5.32 Å². The average molecular weight is 321 g/mol. The summed E-state index contributed by atoms with van der Waals surface area (Å²) in [5.74, 6) is 1.36. The van der Waals surface area contributed by atoms with Gasteiger partial charge < -0.3 is 10.3 Å². The van der Waals surface area contributed by atoms with Gasteiger partial charge in [-0.1, -0.05) is 26.0 Å². The Morgan fingerprint density at radius 3 is 2.89 bits per heavy atom. The first-order valence-electron chi connectivity index (χ1n) is 6.45. The molecule has 0 aliphatic rings. The second-order valence-corrected chi connectivity index (χ2v) is 5.82. The third kappa shape index (κ3) is 1.88. The Bertz CT molecular complexity index is 739. The lowest BCUT2D eigenvalue weighted by atomic mass is 10.0. The van der Waals surface area contributed by atoms with Crippen molar-refractivity contribution < 1.29 is 0 Å². The van der Waals surface area contributed by atoms with Crippen LogP contribution >= 0.6 is 15.9 Å². The van der Waals surface area contributed by atoms with E-state index in [1.54, 1.807) is 0 Å². The Hall–Kier alpha value is -1.33. The van der Waals surface area contributed by atoms with E-state index in [0.29, 0.717) is 5.92 Å². The fourth-order valence-corrected chi connectivity index (χ4v) is 3.08. The van der Waals surface area contributed by atoms with Crippen LogP contribution in [0, 0.1) is 0 Å². The van der Waals surface area contributed by atoms with Crippen molar-refractivity contribution in [1.82, 2.24) is 19.7 Å². The Kier molecular flexibility index (Phi) is 3.11. The van der Waals surface area contributed by atoms with E-state index in [9.17, 15) is 0 Å². The molecule has 0 bridgehead atoms. The molecule has 0 saturated carbocycles. The molecular formula is C14H17BrN4. The second kappa shape index (κ2) is 4.65. The Morgan fingerprint density at radius 1 is 1.42 bits per heavy atom. The summed E-state index contributed by atoms with van der Waals surface area (Å²) in [4.78, 5) is 8.11. The predicted octanol–water partition coefficient (Wildman–Crippen LogP) is 3.42. The van der Waals surface area contributed by atoms with Crippen molar-refractivity contribution >= 4 is 32.7 Å². The number of nitrogens with one attached hydrogen (secondary N) is 2. The molecule has 0 amide bonds. The molecule has 0 aliphatic heterocycles. The van der Waals surface area contributed by atoms with E-state index < -0.39 is 0 Å². The van der Waals surface area contributed by atoms with Gasteiger partial charge in [-0.15, -0.1) is 0 Å². The summed E-state index contributed by atoms with van der Waals surface area (Å²) in [7, 11) is 1.94. The Morgan fingerprint density at radius 2 is 2.21 bits per heavy atom. The van der Waals surface area contributed by atoms with Gasteiger partial charge in [0.1, 0.15) is 4.60 Å². The van der Waals surface area contributed by atoms with E-state index in [-0.39, 0.29) is 0 Å². The van der Waals surface area contributed by atoms with Crippen molar-refractivity contribution in [1.29, 1.82) is 0 Å². The molecule has 2 heterocycles. The number of H-pyrrole nitrogens is 1. The molecular weight excluding hydrogens is 304 g/mol. The second-order valence-electron chi connectivity index (χ2n) is 5.07. The van der Waals surface area contributed by atoms with E-state index in [0.717, 1.165) is 33.7 Å². The van der Waals surface area contributed by atoms with Gasteiger partial charge in [-0.3, -0.25) is 4.40 Å². The molecule has 3 rings (SSSR count). The van der Waals surface area contributed by atoms with Crippen molar-refractivity contribution in [3.8, 4) is 0 Å². The third-order valence-corrected chi connectivity index (χ3v) is 4.23. The van der Waals surface area contributed by atoms with Gasteiger partial charge in [-0.25, -0.2) is 4.98 Å². The number of hydrogen-bond acceptors (Lipinski definition) is 2. The zero-order chi connectivity index (χ0) is 13.6. The summed E-state index contributed by atoms with van der Waals surface area (Å²) in [6, 6.07) is 6.37. The van der Waals surface area contributed by atoms with Crippen LogP contribution in [0.4, 0.5) is 0 Å². The summed E-state index contributed by atoms with van der Waals surface area (Å²) in [5, 5.41) is 3.15. The molecule has 0 radical (unpaired) electrons. The Balaban J connectivity index is 2.33. The normalized spacial score (nSPS) is 12.1. The number of para-hydroxylation sites is 1. The number of halogens is 1. The van der Waals surface area contributed by atoms with Crippen molar-refractivity contribution in [3.05, 3.63) is 34.1 Å². The van der Waals surface area contributed by atoms with E-state index in [1.807, 2.05) is 7.05 Å². The molecule has 0 fully saturated rings. The van der Waals surface area contributed by atoms with Crippen molar-refractivity contribution in [3.63, 3.8) is 0 Å². The van der Waals surface area contributed by atoms with Crippen LogP contribution in [0.5, 0.6) is 0 Å². The molecule has 0 saturated heterocycles. The third-order valence-electron chi connectivity index (χ3n) is 3.40. The first-order valence-corrected chi connectivity index (χ1v) is 7.24. The fourth-order valence-electron chi connectivity index (χ4n) is 2.48. The SMILES string of the molecule is CNCc1[nH]c2nc3c(C(C)C)cccc3n2c1Br. The lowest BCUT2D eigenvalue weighted by Gasteiger charge is -2.05. The number of nitrogens with zero attached hydrogens (tertiary/aromatic N) is 2. The predicted molar refractivity (Wildman–Crippen MR) is 81.6 cm³/mol. The van der Waals surface area contributed by atoms with Crippen LogP contribution in [0.2, 0.25) is 0 Å². The number of aromatic nitrogens is 3. The van der Waals surface area contributed by atoms with Gasteiger partial charge in [-0.2, -0.15) is 0 Å². The monoisotopic (exact) mass is 320 g/mol. The molecule has 0 atom stereocenters.